The lowest BCUT2D eigenvalue weighted by Crippen LogP contribution is -2.20. The Labute approximate surface area is 150 Å². The van der Waals surface area contributed by atoms with E-state index in [0.29, 0.717) is 11.6 Å². The third kappa shape index (κ3) is 3.25. The fourth-order valence-corrected chi connectivity index (χ4v) is 3.84. The topological polar surface area (TPSA) is 95.8 Å². The van der Waals surface area contributed by atoms with Crippen LogP contribution in [0.4, 0.5) is 0 Å². The van der Waals surface area contributed by atoms with Crippen molar-refractivity contribution in [2.75, 3.05) is 0 Å². The lowest BCUT2D eigenvalue weighted by Gasteiger charge is -2.22. The monoisotopic (exact) mass is 351 g/mol. The van der Waals surface area contributed by atoms with E-state index in [4.69, 9.17) is 5.21 Å². The lowest BCUT2D eigenvalue weighted by molar-refractivity contribution is -0.124. The molecule has 0 bridgehead atoms. The number of amides is 1. The Morgan fingerprint density at radius 2 is 2.15 bits per heavy atom. The van der Waals surface area contributed by atoms with Crippen LogP contribution >= 0.6 is 0 Å². The summed E-state index contributed by atoms with van der Waals surface area (Å²) in [6.45, 7) is 0. The van der Waals surface area contributed by atoms with Crippen molar-refractivity contribution < 1.29 is 10.0 Å². The zero-order chi connectivity index (χ0) is 17.9. The molecule has 1 amide bonds. The number of para-hydroxylation sites is 1. The predicted molar refractivity (Wildman–Crippen MR) is 97.4 cm³/mol. The molecule has 7 heteroatoms. The van der Waals surface area contributed by atoms with Crippen molar-refractivity contribution in [1.82, 2.24) is 25.5 Å². The maximum absolute atomic E-state index is 11.1. The van der Waals surface area contributed by atoms with Gasteiger partial charge in [0.15, 0.2) is 0 Å². The molecule has 0 aliphatic heterocycles. The van der Waals surface area contributed by atoms with E-state index < -0.39 is 5.91 Å². The number of hydroxylamine groups is 1. The van der Waals surface area contributed by atoms with E-state index in [1.807, 2.05) is 23.0 Å². The second-order valence-electron chi connectivity index (χ2n) is 6.73. The van der Waals surface area contributed by atoms with Crippen molar-refractivity contribution in [1.29, 1.82) is 0 Å². The molecule has 1 aliphatic carbocycles. The first-order valence-corrected chi connectivity index (χ1v) is 8.86. The summed E-state index contributed by atoms with van der Waals surface area (Å²) in [6, 6.07) is 10.5. The van der Waals surface area contributed by atoms with Gasteiger partial charge in [-0.25, -0.2) is 10.2 Å². The highest BCUT2D eigenvalue weighted by Gasteiger charge is 2.30. The molecular formula is C19H21N5O2. The molecule has 1 atom stereocenters. The number of benzene rings is 1. The van der Waals surface area contributed by atoms with Gasteiger partial charge in [-0.15, -0.1) is 5.10 Å². The number of carbonyl (C=O) groups is 1. The number of H-pyrrole nitrogens is 1. The minimum absolute atomic E-state index is 0.0891. The van der Waals surface area contributed by atoms with Gasteiger partial charge < -0.3 is 4.98 Å². The first-order chi connectivity index (χ1) is 12.7. The van der Waals surface area contributed by atoms with E-state index in [2.05, 4.69) is 33.5 Å². The molecule has 3 aromatic rings. The SMILES string of the molecule is O=C(C=Cc1cn(C(c2cc3ccccc3[nH]2)C2CCCC2)nn1)NO. The summed E-state index contributed by atoms with van der Waals surface area (Å²) in [5, 5.41) is 18.2. The number of nitrogens with zero attached hydrogens (tertiary/aromatic N) is 3. The summed E-state index contributed by atoms with van der Waals surface area (Å²) in [5.74, 6) is -0.0927. The van der Waals surface area contributed by atoms with Crippen LogP contribution in [0.5, 0.6) is 0 Å². The molecule has 0 radical (unpaired) electrons. The molecule has 4 rings (SSSR count). The minimum Gasteiger partial charge on any atom is -0.357 e. The summed E-state index contributed by atoms with van der Waals surface area (Å²) in [6.07, 6.45) is 9.40. The zero-order valence-electron chi connectivity index (χ0n) is 14.3. The number of carbonyl (C=O) groups excluding carboxylic acids is 1. The quantitative estimate of drug-likeness (QED) is 0.374. The molecule has 1 saturated carbocycles. The molecule has 1 aliphatic rings. The van der Waals surface area contributed by atoms with Crippen LogP contribution < -0.4 is 5.48 Å². The highest BCUT2D eigenvalue weighted by Crippen LogP contribution is 2.38. The standard InChI is InChI=1S/C19H21N5O2/c25-18(22-26)10-9-15-12-24(23-21-15)19(13-5-1-2-6-13)17-11-14-7-3-4-8-16(14)20-17/h3-4,7-13,19-20,26H,1-2,5-6H2,(H,22,25). The van der Waals surface area contributed by atoms with Gasteiger partial charge in [-0.2, -0.15) is 0 Å². The third-order valence-electron chi connectivity index (χ3n) is 5.04. The Balaban J connectivity index is 1.68. The average Bonchev–Trinajstić information content (AvgIpc) is 3.41. The largest absolute Gasteiger partial charge is 0.357 e. The smallest absolute Gasteiger partial charge is 0.267 e. The second-order valence-corrected chi connectivity index (χ2v) is 6.73. The Kier molecular flexibility index (Phi) is 4.53. The highest BCUT2D eigenvalue weighted by molar-refractivity contribution is 5.90. The summed E-state index contributed by atoms with van der Waals surface area (Å²) in [7, 11) is 0. The molecule has 2 aromatic heterocycles. The van der Waals surface area contributed by atoms with Gasteiger partial charge in [-0.1, -0.05) is 36.3 Å². The molecule has 1 aromatic carbocycles. The van der Waals surface area contributed by atoms with Crippen molar-refractivity contribution in [3.8, 4) is 0 Å². The van der Waals surface area contributed by atoms with Gasteiger partial charge >= 0.3 is 0 Å². The molecule has 7 nitrogen and oxygen atoms in total. The maximum atomic E-state index is 11.1. The number of hydrogen-bond donors (Lipinski definition) is 3. The number of aromatic nitrogens is 4. The number of nitrogens with one attached hydrogen (secondary N) is 2. The van der Waals surface area contributed by atoms with E-state index in [9.17, 15) is 4.79 Å². The Morgan fingerprint density at radius 1 is 1.35 bits per heavy atom. The zero-order valence-corrected chi connectivity index (χ0v) is 14.3. The van der Waals surface area contributed by atoms with Crippen LogP contribution in [0.15, 0.2) is 42.6 Å². The molecule has 1 fully saturated rings. The normalized spacial score (nSPS) is 16.5. The number of hydrogen-bond acceptors (Lipinski definition) is 4. The molecule has 1 unspecified atom stereocenters. The van der Waals surface area contributed by atoms with E-state index >= 15 is 0 Å². The van der Waals surface area contributed by atoms with Crippen molar-refractivity contribution in [2.24, 2.45) is 5.92 Å². The summed E-state index contributed by atoms with van der Waals surface area (Å²) >= 11 is 0. The first kappa shape index (κ1) is 16.5. The predicted octanol–water partition coefficient (Wildman–Crippen LogP) is 3.06. The van der Waals surface area contributed by atoms with E-state index in [-0.39, 0.29) is 6.04 Å². The van der Waals surface area contributed by atoms with Crippen LogP contribution in [0.25, 0.3) is 17.0 Å². The van der Waals surface area contributed by atoms with E-state index in [1.165, 1.54) is 30.4 Å². The molecule has 26 heavy (non-hydrogen) atoms. The Hall–Kier alpha value is -2.93. The lowest BCUT2D eigenvalue weighted by atomic mass is 9.95. The number of aromatic amines is 1. The van der Waals surface area contributed by atoms with Gasteiger partial charge in [0.2, 0.25) is 0 Å². The van der Waals surface area contributed by atoms with Crippen LogP contribution in [0.3, 0.4) is 0 Å². The van der Waals surface area contributed by atoms with Crippen molar-refractivity contribution in [3.63, 3.8) is 0 Å². The van der Waals surface area contributed by atoms with Gasteiger partial charge in [-0.3, -0.25) is 10.0 Å². The van der Waals surface area contributed by atoms with Crippen LogP contribution in [-0.2, 0) is 4.79 Å². The maximum Gasteiger partial charge on any atom is 0.267 e. The fraction of sp³-hybridized carbons (Fsp3) is 0.316. The van der Waals surface area contributed by atoms with Crippen LogP contribution in [0, 0.1) is 5.92 Å². The van der Waals surface area contributed by atoms with Crippen molar-refractivity contribution in [2.45, 2.75) is 31.7 Å². The second kappa shape index (κ2) is 7.13. The van der Waals surface area contributed by atoms with Gasteiger partial charge in [-0.05, 0) is 42.4 Å². The Morgan fingerprint density at radius 3 is 2.92 bits per heavy atom. The Bertz CT molecular complexity index is 903. The molecule has 0 saturated heterocycles. The van der Waals surface area contributed by atoms with Gasteiger partial charge in [0.25, 0.3) is 5.91 Å². The van der Waals surface area contributed by atoms with Crippen molar-refractivity contribution in [3.05, 3.63) is 54.0 Å². The summed E-state index contributed by atoms with van der Waals surface area (Å²) in [4.78, 5) is 14.7. The van der Waals surface area contributed by atoms with E-state index in [1.54, 1.807) is 5.48 Å². The summed E-state index contributed by atoms with van der Waals surface area (Å²) < 4.78 is 1.89. The fourth-order valence-electron chi connectivity index (χ4n) is 3.84. The average molecular weight is 351 g/mol. The number of rotatable bonds is 5. The molecule has 134 valence electrons. The first-order valence-electron chi connectivity index (χ1n) is 8.86. The number of fused-ring (bicyclic) bond motifs is 1. The van der Waals surface area contributed by atoms with Crippen LogP contribution in [-0.4, -0.2) is 31.1 Å². The molecule has 3 N–H and O–H groups in total. The highest BCUT2D eigenvalue weighted by atomic mass is 16.5. The van der Waals surface area contributed by atoms with Gasteiger partial charge in [0.05, 0.1) is 12.2 Å². The van der Waals surface area contributed by atoms with Crippen molar-refractivity contribution >= 4 is 22.9 Å². The van der Waals surface area contributed by atoms with E-state index in [0.717, 1.165) is 24.1 Å². The molecule has 0 spiro atoms. The van der Waals surface area contributed by atoms with Crippen LogP contribution in [0.1, 0.15) is 43.1 Å². The molecular weight excluding hydrogens is 330 g/mol. The van der Waals surface area contributed by atoms with Gasteiger partial charge in [0.1, 0.15) is 5.69 Å². The third-order valence-corrected chi connectivity index (χ3v) is 5.04. The van der Waals surface area contributed by atoms with Crippen LogP contribution in [0.2, 0.25) is 0 Å². The summed E-state index contributed by atoms with van der Waals surface area (Å²) in [5.41, 5.74) is 4.39. The molecule has 2 heterocycles. The minimum atomic E-state index is -0.595. The van der Waals surface area contributed by atoms with Gasteiger partial charge in [0, 0.05) is 17.3 Å².